The number of aromatic amines is 1. The number of methoxy groups -OCH3 is 1. The molecule has 0 bridgehead atoms. The minimum atomic E-state index is -0.516. The number of carbonyl (C=O) groups excluding carboxylic acids is 1. The molecule has 2 heterocycles. The summed E-state index contributed by atoms with van der Waals surface area (Å²) >= 11 is 0. The Kier molecular flexibility index (Phi) is 5.92. The molecule has 7 heteroatoms. The number of pyridine rings is 1. The van der Waals surface area contributed by atoms with Crippen LogP contribution in [-0.4, -0.2) is 46.5 Å². The van der Waals surface area contributed by atoms with Gasteiger partial charge < -0.3 is 15.5 Å². The van der Waals surface area contributed by atoms with Crippen LogP contribution in [0.25, 0.3) is 0 Å². The van der Waals surface area contributed by atoms with E-state index in [0.29, 0.717) is 5.92 Å². The predicted octanol–water partition coefficient (Wildman–Crippen LogP) is 2.31. The Labute approximate surface area is 160 Å². The zero-order chi connectivity index (χ0) is 19.4. The molecular weight excluding hydrogens is 342 g/mol. The predicted molar refractivity (Wildman–Crippen MR) is 103 cm³/mol. The number of aromatic nitrogens is 3. The summed E-state index contributed by atoms with van der Waals surface area (Å²) in [6.07, 6.45) is 8.58. The first kappa shape index (κ1) is 19.5. The van der Waals surface area contributed by atoms with E-state index in [-0.39, 0.29) is 11.6 Å². The molecule has 7 nitrogen and oxygen atoms in total. The van der Waals surface area contributed by atoms with Crippen molar-refractivity contribution in [2.45, 2.75) is 38.3 Å². The van der Waals surface area contributed by atoms with E-state index in [4.69, 9.17) is 10.5 Å². The number of H-pyrrole nitrogens is 1. The van der Waals surface area contributed by atoms with Crippen LogP contribution >= 0.6 is 0 Å². The van der Waals surface area contributed by atoms with Crippen LogP contribution in [0.5, 0.6) is 0 Å². The lowest BCUT2D eigenvalue weighted by atomic mass is 9.65. The van der Waals surface area contributed by atoms with Crippen LogP contribution in [0.15, 0.2) is 30.7 Å². The summed E-state index contributed by atoms with van der Waals surface area (Å²) in [4.78, 5) is 25.5. The van der Waals surface area contributed by atoms with Crippen molar-refractivity contribution in [3.8, 4) is 0 Å². The second-order valence-corrected chi connectivity index (χ2v) is 7.55. The summed E-state index contributed by atoms with van der Waals surface area (Å²) in [6.45, 7) is 3.85. The Morgan fingerprint density at radius 3 is 2.89 bits per heavy atom. The first-order chi connectivity index (χ1) is 13.0. The number of nitrogens with zero attached hydrogens (tertiary/aromatic N) is 3. The van der Waals surface area contributed by atoms with Crippen LogP contribution in [-0.2, 0) is 16.9 Å². The molecule has 1 saturated carbocycles. The van der Waals surface area contributed by atoms with E-state index in [1.54, 1.807) is 25.6 Å². The summed E-state index contributed by atoms with van der Waals surface area (Å²) in [5, 5.41) is 0. The van der Waals surface area contributed by atoms with Gasteiger partial charge in [0.1, 0.15) is 11.5 Å². The number of imidazole rings is 1. The topological polar surface area (TPSA) is 97.1 Å². The van der Waals surface area contributed by atoms with Crippen molar-refractivity contribution in [3.05, 3.63) is 47.8 Å². The maximum atomic E-state index is 11.6. The van der Waals surface area contributed by atoms with Crippen LogP contribution in [0, 0.1) is 11.8 Å². The van der Waals surface area contributed by atoms with E-state index < -0.39 is 11.5 Å². The maximum absolute atomic E-state index is 11.6. The van der Waals surface area contributed by atoms with E-state index in [2.05, 4.69) is 33.8 Å². The monoisotopic (exact) mass is 371 g/mol. The summed E-state index contributed by atoms with van der Waals surface area (Å²) in [6, 6.07) is 3.75. The lowest BCUT2D eigenvalue weighted by Gasteiger charge is -2.49. The molecular formula is C20H29N5O2. The number of carbonyl (C=O) groups is 1. The summed E-state index contributed by atoms with van der Waals surface area (Å²) in [5.41, 5.74) is 6.26. The summed E-state index contributed by atoms with van der Waals surface area (Å²) < 4.78 is 6.23. The van der Waals surface area contributed by atoms with Gasteiger partial charge in [-0.1, -0.05) is 13.3 Å². The highest BCUT2D eigenvalue weighted by molar-refractivity contribution is 5.90. The van der Waals surface area contributed by atoms with Crippen molar-refractivity contribution >= 4 is 5.91 Å². The Bertz CT molecular complexity index is 763. The van der Waals surface area contributed by atoms with E-state index in [0.717, 1.165) is 37.3 Å². The molecule has 0 spiro atoms. The Morgan fingerprint density at radius 2 is 2.22 bits per heavy atom. The number of amides is 1. The normalized spacial score (nSPS) is 25.6. The first-order valence-electron chi connectivity index (χ1n) is 9.45. The average molecular weight is 371 g/mol. The SMILES string of the molecule is COC1(c2ccnc(C(N)=O)c2)C(C)CCCC1CN(C)Cc1ncc[nH]1. The molecule has 1 amide bonds. The molecule has 1 fully saturated rings. The van der Waals surface area contributed by atoms with Crippen LogP contribution in [0.1, 0.15) is 48.1 Å². The second kappa shape index (κ2) is 8.19. The summed E-state index contributed by atoms with van der Waals surface area (Å²) in [7, 11) is 3.87. The fraction of sp³-hybridized carbons (Fsp3) is 0.550. The molecule has 1 aliphatic rings. The molecule has 0 aliphatic heterocycles. The lowest BCUT2D eigenvalue weighted by Crippen LogP contribution is -2.49. The molecule has 1 aliphatic carbocycles. The smallest absolute Gasteiger partial charge is 0.267 e. The summed E-state index contributed by atoms with van der Waals surface area (Å²) in [5.74, 6) is 1.04. The van der Waals surface area contributed by atoms with Gasteiger partial charge in [0.2, 0.25) is 0 Å². The number of hydrogen-bond donors (Lipinski definition) is 2. The van der Waals surface area contributed by atoms with E-state index in [1.807, 2.05) is 12.3 Å². The third-order valence-electron chi connectivity index (χ3n) is 5.84. The van der Waals surface area contributed by atoms with E-state index in [9.17, 15) is 4.79 Å². The lowest BCUT2D eigenvalue weighted by molar-refractivity contribution is -0.132. The molecule has 0 saturated heterocycles. The second-order valence-electron chi connectivity index (χ2n) is 7.55. The van der Waals surface area contributed by atoms with Crippen molar-refractivity contribution in [3.63, 3.8) is 0 Å². The molecule has 2 aromatic rings. The van der Waals surface area contributed by atoms with Crippen LogP contribution < -0.4 is 5.73 Å². The van der Waals surface area contributed by atoms with Crippen LogP contribution in [0.4, 0.5) is 0 Å². The van der Waals surface area contributed by atoms with Gasteiger partial charge in [-0.15, -0.1) is 0 Å². The number of nitrogens with two attached hydrogens (primary N) is 1. The molecule has 3 unspecified atom stereocenters. The third-order valence-corrected chi connectivity index (χ3v) is 5.84. The average Bonchev–Trinajstić information content (AvgIpc) is 3.15. The van der Waals surface area contributed by atoms with Crippen LogP contribution in [0.3, 0.4) is 0 Å². The van der Waals surface area contributed by atoms with Crippen molar-refractivity contribution in [1.29, 1.82) is 0 Å². The standard InChI is InChI=1S/C20H29N5O2/c1-14-5-4-6-16(12-25(2)13-18-23-9-10-24-18)20(14,27-3)15-7-8-22-17(11-15)19(21)26/h7-11,14,16H,4-6,12-13H2,1-3H3,(H2,21,26)(H,23,24). The molecule has 2 aromatic heterocycles. The van der Waals surface area contributed by atoms with Crippen molar-refractivity contribution in [1.82, 2.24) is 19.9 Å². The molecule has 0 aromatic carbocycles. The van der Waals surface area contributed by atoms with E-state index >= 15 is 0 Å². The van der Waals surface area contributed by atoms with Gasteiger partial charge in [0, 0.05) is 38.2 Å². The number of primary amides is 1. The van der Waals surface area contributed by atoms with Gasteiger partial charge in [-0.2, -0.15) is 0 Å². The Hall–Kier alpha value is -2.25. The third kappa shape index (κ3) is 3.89. The number of hydrogen-bond acceptors (Lipinski definition) is 5. The van der Waals surface area contributed by atoms with Gasteiger partial charge in [-0.3, -0.25) is 14.7 Å². The molecule has 3 rings (SSSR count). The van der Waals surface area contributed by atoms with Gasteiger partial charge in [0.25, 0.3) is 5.91 Å². The largest absolute Gasteiger partial charge is 0.373 e. The number of nitrogens with one attached hydrogen (secondary N) is 1. The van der Waals surface area contributed by atoms with Gasteiger partial charge in [0.15, 0.2) is 0 Å². The first-order valence-corrected chi connectivity index (χ1v) is 9.45. The molecule has 3 atom stereocenters. The highest BCUT2D eigenvalue weighted by Gasteiger charge is 2.48. The number of rotatable bonds is 7. The van der Waals surface area contributed by atoms with Crippen molar-refractivity contribution in [2.24, 2.45) is 17.6 Å². The molecule has 27 heavy (non-hydrogen) atoms. The maximum Gasteiger partial charge on any atom is 0.267 e. The van der Waals surface area contributed by atoms with Gasteiger partial charge in [-0.25, -0.2) is 4.98 Å². The fourth-order valence-corrected chi connectivity index (χ4v) is 4.62. The minimum Gasteiger partial charge on any atom is -0.373 e. The molecule has 3 N–H and O–H groups in total. The van der Waals surface area contributed by atoms with Gasteiger partial charge in [-0.05, 0) is 43.5 Å². The van der Waals surface area contributed by atoms with E-state index in [1.165, 1.54) is 6.42 Å². The Morgan fingerprint density at radius 1 is 1.41 bits per heavy atom. The van der Waals surface area contributed by atoms with Crippen molar-refractivity contribution in [2.75, 3.05) is 20.7 Å². The minimum absolute atomic E-state index is 0.282. The quantitative estimate of drug-likeness (QED) is 0.778. The fourth-order valence-electron chi connectivity index (χ4n) is 4.62. The van der Waals surface area contributed by atoms with Gasteiger partial charge >= 0.3 is 0 Å². The zero-order valence-electron chi connectivity index (χ0n) is 16.3. The Balaban J connectivity index is 1.90. The zero-order valence-corrected chi connectivity index (χ0v) is 16.3. The van der Waals surface area contributed by atoms with Gasteiger partial charge in [0.05, 0.1) is 12.1 Å². The number of ether oxygens (including phenoxy) is 1. The molecule has 0 radical (unpaired) electrons. The van der Waals surface area contributed by atoms with Crippen molar-refractivity contribution < 1.29 is 9.53 Å². The van der Waals surface area contributed by atoms with Crippen LogP contribution in [0.2, 0.25) is 0 Å². The highest BCUT2D eigenvalue weighted by Crippen LogP contribution is 2.48. The highest BCUT2D eigenvalue weighted by atomic mass is 16.5. The molecule has 146 valence electrons.